The number of hydrogen-bond donors (Lipinski definition) is 0. The van der Waals surface area contributed by atoms with Crippen molar-refractivity contribution in [3.05, 3.63) is 72.2 Å². The standard InChI is InChI=1S/C31H33F2N7O2/c1-30(2,3)42-29(41)38-14-12-37(13-15-38)22-5-7-26(34-18-22)23-19-35-40-11-9-27(36-28(23)40)39-10-8-20-17-31(20,39)24-16-21(32)4-6-25(24)33/h4-7,9,11,16,18-20H,8,10,12-15,17H2,1-3H3/t20-,31?/m0/s1. The third kappa shape index (κ3) is 4.51. The van der Waals surface area contributed by atoms with Gasteiger partial charge in [0.1, 0.15) is 23.1 Å². The van der Waals surface area contributed by atoms with Crippen molar-refractivity contribution >= 4 is 23.2 Å². The molecule has 0 N–H and O–H groups in total. The zero-order valence-corrected chi connectivity index (χ0v) is 23.9. The van der Waals surface area contributed by atoms with Crippen molar-refractivity contribution in [2.75, 3.05) is 42.5 Å². The lowest BCUT2D eigenvalue weighted by Gasteiger charge is -2.36. The number of amides is 1. The van der Waals surface area contributed by atoms with Crippen LogP contribution in [0.1, 0.15) is 39.2 Å². The fourth-order valence-electron chi connectivity index (χ4n) is 6.49. The summed E-state index contributed by atoms with van der Waals surface area (Å²) in [7, 11) is 0. The van der Waals surface area contributed by atoms with E-state index in [1.807, 2.05) is 51.4 Å². The summed E-state index contributed by atoms with van der Waals surface area (Å²) < 4.78 is 36.2. The predicted octanol–water partition coefficient (Wildman–Crippen LogP) is 5.25. The summed E-state index contributed by atoms with van der Waals surface area (Å²) in [6.07, 6.45) is 6.84. The van der Waals surface area contributed by atoms with Gasteiger partial charge in [-0.1, -0.05) is 0 Å². The molecule has 1 unspecified atom stereocenters. The molecule has 3 aliphatic rings. The zero-order chi connectivity index (χ0) is 29.2. The van der Waals surface area contributed by atoms with E-state index in [1.165, 1.54) is 12.1 Å². The molecule has 0 bridgehead atoms. The van der Waals surface area contributed by atoms with E-state index in [-0.39, 0.29) is 17.8 Å². The van der Waals surface area contributed by atoms with Crippen LogP contribution in [-0.4, -0.2) is 68.9 Å². The molecule has 3 aromatic heterocycles. The number of aromatic nitrogens is 4. The topological polar surface area (TPSA) is 79.1 Å². The summed E-state index contributed by atoms with van der Waals surface area (Å²) in [6, 6.07) is 9.58. The maximum absolute atomic E-state index is 14.9. The smallest absolute Gasteiger partial charge is 0.410 e. The first-order chi connectivity index (χ1) is 20.1. The van der Waals surface area contributed by atoms with Crippen LogP contribution in [0.15, 0.2) is 55.0 Å². The highest BCUT2D eigenvalue weighted by atomic mass is 19.1. The third-order valence-electron chi connectivity index (χ3n) is 8.60. The van der Waals surface area contributed by atoms with Crippen molar-refractivity contribution in [3.63, 3.8) is 0 Å². The van der Waals surface area contributed by atoms with Crippen LogP contribution in [0.4, 0.5) is 25.1 Å². The maximum atomic E-state index is 14.9. The number of anilines is 2. The van der Waals surface area contributed by atoms with Gasteiger partial charge in [0.2, 0.25) is 0 Å². The Kier molecular flexibility index (Phi) is 6.11. The van der Waals surface area contributed by atoms with E-state index in [0.717, 1.165) is 42.4 Å². The quantitative estimate of drug-likeness (QED) is 0.330. The van der Waals surface area contributed by atoms with Crippen LogP contribution in [0, 0.1) is 17.6 Å². The van der Waals surface area contributed by atoms with Crippen LogP contribution in [0.3, 0.4) is 0 Å². The summed E-state index contributed by atoms with van der Waals surface area (Å²) in [5.74, 6) is 0.176. The Balaban J connectivity index is 1.11. The minimum absolute atomic E-state index is 0.274. The highest BCUT2D eigenvalue weighted by Crippen LogP contribution is 2.63. The number of fused-ring (bicyclic) bond motifs is 2. The van der Waals surface area contributed by atoms with Crippen molar-refractivity contribution in [1.82, 2.24) is 24.5 Å². The molecule has 3 fully saturated rings. The first-order valence-corrected chi connectivity index (χ1v) is 14.4. The molecule has 1 amide bonds. The Labute approximate surface area is 242 Å². The SMILES string of the molecule is CC(C)(C)OC(=O)N1CCN(c2ccc(-c3cnn4ccc(N5CC[C@H]6CC65c5cc(F)ccc5F)nc34)nc2)CC1. The Morgan fingerprint density at radius 1 is 1.02 bits per heavy atom. The molecule has 9 nitrogen and oxygen atoms in total. The fourth-order valence-corrected chi connectivity index (χ4v) is 6.49. The molecule has 4 aromatic rings. The van der Waals surface area contributed by atoms with Crippen molar-refractivity contribution in [1.29, 1.82) is 0 Å². The van der Waals surface area contributed by atoms with Gasteiger partial charge in [-0.25, -0.2) is 23.1 Å². The molecule has 0 spiro atoms. The second kappa shape index (κ2) is 9.64. The molecule has 5 heterocycles. The van der Waals surface area contributed by atoms with E-state index in [1.54, 1.807) is 15.6 Å². The number of nitrogens with zero attached hydrogens (tertiary/aromatic N) is 7. The molecule has 218 valence electrons. The van der Waals surface area contributed by atoms with Crippen molar-refractivity contribution < 1.29 is 18.3 Å². The molecule has 2 aliphatic heterocycles. The van der Waals surface area contributed by atoms with Crippen molar-refractivity contribution in [2.45, 2.75) is 44.8 Å². The van der Waals surface area contributed by atoms with Gasteiger partial charge >= 0.3 is 6.09 Å². The number of ether oxygens (including phenoxy) is 1. The van der Waals surface area contributed by atoms with Gasteiger partial charge in [0, 0.05) is 44.5 Å². The van der Waals surface area contributed by atoms with Gasteiger partial charge in [0.05, 0.1) is 34.9 Å². The molecule has 1 saturated carbocycles. The van der Waals surface area contributed by atoms with Crippen LogP contribution in [0.2, 0.25) is 0 Å². The lowest BCUT2D eigenvalue weighted by molar-refractivity contribution is 0.0240. The number of piperidine rings is 1. The fraction of sp³-hybridized carbons (Fsp3) is 0.419. The molecule has 7 rings (SSSR count). The van der Waals surface area contributed by atoms with Crippen molar-refractivity contribution in [2.24, 2.45) is 5.92 Å². The van der Waals surface area contributed by atoms with Gasteiger partial charge in [-0.3, -0.25) is 4.98 Å². The Bertz CT molecular complexity index is 1660. The number of benzene rings is 1. The number of carbonyl (C=O) groups excluding carboxylic acids is 1. The summed E-state index contributed by atoms with van der Waals surface area (Å²) >= 11 is 0. The Hall–Kier alpha value is -4.28. The van der Waals surface area contributed by atoms with Gasteiger partial charge < -0.3 is 19.4 Å². The van der Waals surface area contributed by atoms with Crippen LogP contribution in [0.5, 0.6) is 0 Å². The average molecular weight is 574 g/mol. The van der Waals surface area contributed by atoms with E-state index >= 15 is 0 Å². The highest BCUT2D eigenvalue weighted by Gasteiger charge is 2.64. The van der Waals surface area contributed by atoms with Crippen LogP contribution in [0.25, 0.3) is 16.9 Å². The first-order valence-electron chi connectivity index (χ1n) is 14.4. The Morgan fingerprint density at radius 3 is 2.55 bits per heavy atom. The molecule has 11 heteroatoms. The lowest BCUT2D eigenvalue weighted by atomic mass is 10.0. The molecule has 2 atom stereocenters. The van der Waals surface area contributed by atoms with E-state index < -0.39 is 17.0 Å². The summed E-state index contributed by atoms with van der Waals surface area (Å²) in [4.78, 5) is 28.2. The molecule has 2 saturated heterocycles. The molecular weight excluding hydrogens is 540 g/mol. The van der Waals surface area contributed by atoms with Gasteiger partial charge in [0.25, 0.3) is 0 Å². The van der Waals surface area contributed by atoms with E-state index in [9.17, 15) is 13.6 Å². The number of halogens is 2. The normalized spacial score (nSPS) is 22.0. The third-order valence-corrected chi connectivity index (χ3v) is 8.60. The minimum atomic E-state index is -0.564. The van der Waals surface area contributed by atoms with Crippen LogP contribution < -0.4 is 9.80 Å². The first kappa shape index (κ1) is 26.6. The minimum Gasteiger partial charge on any atom is -0.444 e. The average Bonchev–Trinajstić information content (AvgIpc) is 3.34. The summed E-state index contributed by atoms with van der Waals surface area (Å²) in [6.45, 7) is 8.86. The molecule has 1 aromatic carbocycles. The lowest BCUT2D eigenvalue weighted by Crippen LogP contribution is -2.50. The highest BCUT2D eigenvalue weighted by molar-refractivity contribution is 5.76. The number of pyridine rings is 1. The number of piperazine rings is 1. The van der Waals surface area contributed by atoms with Crippen molar-refractivity contribution in [3.8, 4) is 11.3 Å². The molecule has 1 aliphatic carbocycles. The molecular formula is C31H33F2N7O2. The van der Waals surface area contributed by atoms with Crippen LogP contribution in [-0.2, 0) is 10.3 Å². The van der Waals surface area contributed by atoms with E-state index in [2.05, 4.69) is 14.9 Å². The number of rotatable bonds is 4. The molecule has 0 radical (unpaired) electrons. The second-order valence-electron chi connectivity index (χ2n) is 12.4. The van der Waals surface area contributed by atoms with Gasteiger partial charge in [-0.2, -0.15) is 5.10 Å². The van der Waals surface area contributed by atoms with Gasteiger partial charge in [-0.15, -0.1) is 0 Å². The van der Waals surface area contributed by atoms with E-state index in [0.29, 0.717) is 43.2 Å². The number of carbonyl (C=O) groups is 1. The monoisotopic (exact) mass is 573 g/mol. The zero-order valence-electron chi connectivity index (χ0n) is 23.9. The largest absolute Gasteiger partial charge is 0.444 e. The number of hydrogen-bond acceptors (Lipinski definition) is 7. The summed E-state index contributed by atoms with van der Waals surface area (Å²) in [5.41, 5.74) is 2.48. The maximum Gasteiger partial charge on any atom is 0.410 e. The predicted molar refractivity (Wildman–Crippen MR) is 154 cm³/mol. The Morgan fingerprint density at radius 2 is 1.83 bits per heavy atom. The van der Waals surface area contributed by atoms with Gasteiger partial charge in [0.15, 0.2) is 5.65 Å². The summed E-state index contributed by atoms with van der Waals surface area (Å²) in [5, 5.41) is 4.48. The second-order valence-corrected chi connectivity index (χ2v) is 12.4. The molecule has 42 heavy (non-hydrogen) atoms. The van der Waals surface area contributed by atoms with Crippen LogP contribution >= 0.6 is 0 Å². The van der Waals surface area contributed by atoms with Gasteiger partial charge in [-0.05, 0) is 75.9 Å². The van der Waals surface area contributed by atoms with E-state index in [4.69, 9.17) is 14.7 Å².